The Morgan fingerprint density at radius 1 is 1.19 bits per heavy atom. The SMILES string of the molecule is CC(C)NC(=O)c1c(NC(=O)c2nn(C)c3ccc(F)cc3c2=O)sc2c1CCCC2. The first kappa shape index (κ1) is 21.2. The second-order valence-electron chi connectivity index (χ2n) is 7.96. The molecule has 1 aromatic carbocycles. The molecule has 1 aliphatic carbocycles. The molecule has 7 nitrogen and oxygen atoms in total. The molecule has 1 aliphatic rings. The molecule has 2 aromatic heterocycles. The normalized spacial score (nSPS) is 13.3. The molecule has 0 radical (unpaired) electrons. The van der Waals surface area contributed by atoms with Crippen molar-refractivity contribution in [1.29, 1.82) is 0 Å². The van der Waals surface area contributed by atoms with E-state index in [9.17, 15) is 18.8 Å². The van der Waals surface area contributed by atoms with Crippen molar-refractivity contribution in [1.82, 2.24) is 15.1 Å². The summed E-state index contributed by atoms with van der Waals surface area (Å²) in [4.78, 5) is 39.8. The maximum atomic E-state index is 13.7. The zero-order valence-electron chi connectivity index (χ0n) is 17.5. The van der Waals surface area contributed by atoms with Gasteiger partial charge in [0.1, 0.15) is 10.8 Å². The number of nitrogens with one attached hydrogen (secondary N) is 2. The molecular formula is C22H23FN4O3S. The molecule has 0 spiro atoms. The lowest BCUT2D eigenvalue weighted by molar-refractivity contribution is 0.0943. The summed E-state index contributed by atoms with van der Waals surface area (Å²) in [6.07, 6.45) is 3.65. The summed E-state index contributed by atoms with van der Waals surface area (Å²) in [5, 5.41) is 10.2. The number of benzene rings is 1. The lowest BCUT2D eigenvalue weighted by Gasteiger charge is -2.14. The Morgan fingerprint density at radius 2 is 1.94 bits per heavy atom. The van der Waals surface area contributed by atoms with Crippen LogP contribution in [0.1, 0.15) is 58.0 Å². The lowest BCUT2D eigenvalue weighted by atomic mass is 9.95. The zero-order valence-corrected chi connectivity index (χ0v) is 18.4. The first-order chi connectivity index (χ1) is 14.8. The average Bonchev–Trinajstić information content (AvgIpc) is 3.07. The number of rotatable bonds is 4. The molecule has 31 heavy (non-hydrogen) atoms. The van der Waals surface area contributed by atoms with E-state index in [-0.39, 0.29) is 23.0 Å². The number of carbonyl (C=O) groups is 2. The standard InChI is InChI=1S/C22H23FN4O3S/c1-11(2)24-20(29)17-13-6-4-5-7-16(13)31-22(17)25-21(30)18-19(28)14-10-12(23)8-9-15(14)27(3)26-18/h8-11H,4-7H2,1-3H3,(H,24,29)(H,25,30). The number of carbonyl (C=O) groups excluding carboxylic acids is 2. The lowest BCUT2D eigenvalue weighted by Crippen LogP contribution is -2.32. The number of halogens is 1. The van der Waals surface area contributed by atoms with Crippen molar-refractivity contribution in [3.63, 3.8) is 0 Å². The van der Waals surface area contributed by atoms with E-state index in [1.54, 1.807) is 7.05 Å². The molecule has 2 amide bonds. The van der Waals surface area contributed by atoms with Crippen molar-refractivity contribution in [3.05, 3.63) is 55.9 Å². The van der Waals surface area contributed by atoms with Gasteiger partial charge in [-0.3, -0.25) is 19.1 Å². The highest BCUT2D eigenvalue weighted by molar-refractivity contribution is 7.17. The number of amides is 2. The van der Waals surface area contributed by atoms with E-state index >= 15 is 0 Å². The number of hydrogen-bond donors (Lipinski definition) is 2. The van der Waals surface area contributed by atoms with Gasteiger partial charge in [-0.2, -0.15) is 5.10 Å². The molecule has 3 aromatic rings. The highest BCUT2D eigenvalue weighted by Gasteiger charge is 2.28. The van der Waals surface area contributed by atoms with E-state index in [4.69, 9.17) is 0 Å². The summed E-state index contributed by atoms with van der Waals surface area (Å²) in [6, 6.07) is 3.72. The molecule has 162 valence electrons. The molecule has 0 saturated heterocycles. The van der Waals surface area contributed by atoms with Crippen molar-refractivity contribution >= 4 is 39.1 Å². The van der Waals surface area contributed by atoms with Gasteiger partial charge in [-0.15, -0.1) is 11.3 Å². The summed E-state index contributed by atoms with van der Waals surface area (Å²) >= 11 is 1.37. The molecule has 0 unspecified atom stereocenters. The van der Waals surface area contributed by atoms with Crippen LogP contribution in [0.25, 0.3) is 10.9 Å². The molecular weight excluding hydrogens is 419 g/mol. The summed E-state index contributed by atoms with van der Waals surface area (Å²) in [7, 11) is 1.59. The Bertz CT molecular complexity index is 1260. The third kappa shape index (κ3) is 3.97. The fourth-order valence-corrected chi connectivity index (χ4v) is 5.17. The van der Waals surface area contributed by atoms with Crippen molar-refractivity contribution in [2.45, 2.75) is 45.6 Å². The van der Waals surface area contributed by atoms with Gasteiger partial charge in [0.2, 0.25) is 5.43 Å². The minimum atomic E-state index is -0.719. The number of fused-ring (bicyclic) bond motifs is 2. The van der Waals surface area contributed by atoms with Gasteiger partial charge in [0.05, 0.1) is 16.5 Å². The number of hydrogen-bond acceptors (Lipinski definition) is 5. The fraction of sp³-hybridized carbons (Fsp3) is 0.364. The van der Waals surface area contributed by atoms with Gasteiger partial charge in [-0.1, -0.05) is 0 Å². The highest BCUT2D eigenvalue weighted by Crippen LogP contribution is 2.38. The molecule has 2 heterocycles. The van der Waals surface area contributed by atoms with Gasteiger partial charge in [0, 0.05) is 18.0 Å². The molecule has 0 bridgehead atoms. The van der Waals surface area contributed by atoms with Crippen molar-refractivity contribution in [2.24, 2.45) is 7.05 Å². The maximum absolute atomic E-state index is 13.7. The van der Waals surface area contributed by atoms with Crippen LogP contribution in [0.5, 0.6) is 0 Å². The molecule has 0 atom stereocenters. The molecule has 0 saturated carbocycles. The molecule has 9 heteroatoms. The van der Waals surface area contributed by atoms with Crippen LogP contribution in [0.15, 0.2) is 23.0 Å². The van der Waals surface area contributed by atoms with E-state index in [1.165, 1.54) is 28.2 Å². The third-order valence-electron chi connectivity index (χ3n) is 5.28. The van der Waals surface area contributed by atoms with Gasteiger partial charge in [0.25, 0.3) is 11.8 Å². The number of aryl methyl sites for hydroxylation is 2. The third-order valence-corrected chi connectivity index (χ3v) is 6.48. The monoisotopic (exact) mass is 442 g/mol. The second-order valence-corrected chi connectivity index (χ2v) is 9.07. The van der Waals surface area contributed by atoms with E-state index in [1.807, 2.05) is 13.8 Å². The quantitative estimate of drug-likeness (QED) is 0.648. The number of nitrogens with zero attached hydrogens (tertiary/aromatic N) is 2. The van der Waals surface area contributed by atoms with Gasteiger partial charge >= 0.3 is 0 Å². The predicted molar refractivity (Wildman–Crippen MR) is 118 cm³/mol. The Hall–Kier alpha value is -3.07. The number of anilines is 1. The first-order valence-corrected chi connectivity index (χ1v) is 11.0. The van der Waals surface area contributed by atoms with Crippen LogP contribution >= 0.6 is 11.3 Å². The van der Waals surface area contributed by atoms with E-state index in [2.05, 4.69) is 15.7 Å². The summed E-state index contributed by atoms with van der Waals surface area (Å²) in [5.74, 6) is -1.53. The van der Waals surface area contributed by atoms with Crippen LogP contribution in [0.4, 0.5) is 9.39 Å². The molecule has 0 aliphatic heterocycles. The predicted octanol–water partition coefficient (Wildman–Crippen LogP) is 3.40. The summed E-state index contributed by atoms with van der Waals surface area (Å²) < 4.78 is 15.1. The Morgan fingerprint density at radius 3 is 2.68 bits per heavy atom. The molecule has 2 N–H and O–H groups in total. The van der Waals surface area contributed by atoms with E-state index < -0.39 is 17.2 Å². The van der Waals surface area contributed by atoms with Crippen molar-refractivity contribution < 1.29 is 14.0 Å². The number of thiophene rings is 1. The highest BCUT2D eigenvalue weighted by atomic mass is 32.1. The van der Waals surface area contributed by atoms with Gasteiger partial charge in [0.15, 0.2) is 5.69 Å². The molecule has 4 rings (SSSR count). The second kappa shape index (κ2) is 8.22. The summed E-state index contributed by atoms with van der Waals surface area (Å²) in [6.45, 7) is 3.74. The average molecular weight is 443 g/mol. The Labute approximate surface area is 182 Å². The fourth-order valence-electron chi connectivity index (χ4n) is 3.89. The van der Waals surface area contributed by atoms with Crippen LogP contribution in [0.2, 0.25) is 0 Å². The van der Waals surface area contributed by atoms with Gasteiger partial charge in [-0.25, -0.2) is 4.39 Å². The number of aromatic nitrogens is 2. The minimum absolute atomic E-state index is 0.0560. The minimum Gasteiger partial charge on any atom is -0.350 e. The maximum Gasteiger partial charge on any atom is 0.280 e. The van der Waals surface area contributed by atoms with Crippen LogP contribution < -0.4 is 16.1 Å². The Balaban J connectivity index is 1.76. The molecule has 0 fully saturated rings. The van der Waals surface area contributed by atoms with Crippen molar-refractivity contribution in [3.8, 4) is 0 Å². The first-order valence-electron chi connectivity index (χ1n) is 10.2. The van der Waals surface area contributed by atoms with Crippen LogP contribution in [-0.2, 0) is 19.9 Å². The van der Waals surface area contributed by atoms with Crippen molar-refractivity contribution in [2.75, 3.05) is 5.32 Å². The largest absolute Gasteiger partial charge is 0.350 e. The zero-order chi connectivity index (χ0) is 22.3. The topological polar surface area (TPSA) is 93.1 Å². The van der Waals surface area contributed by atoms with Crippen LogP contribution in [0, 0.1) is 5.82 Å². The van der Waals surface area contributed by atoms with Crippen LogP contribution in [-0.4, -0.2) is 27.6 Å². The van der Waals surface area contributed by atoms with Gasteiger partial charge < -0.3 is 10.6 Å². The van der Waals surface area contributed by atoms with Crippen LogP contribution in [0.3, 0.4) is 0 Å². The summed E-state index contributed by atoms with van der Waals surface area (Å²) in [5.41, 5.74) is 0.852. The van der Waals surface area contributed by atoms with E-state index in [0.29, 0.717) is 16.1 Å². The van der Waals surface area contributed by atoms with E-state index in [0.717, 1.165) is 42.2 Å². The Kier molecular flexibility index (Phi) is 5.62. The smallest absolute Gasteiger partial charge is 0.280 e. The van der Waals surface area contributed by atoms with Gasteiger partial charge in [-0.05, 0) is 63.3 Å².